The van der Waals surface area contributed by atoms with Crippen LogP contribution in [-0.2, 0) is 0 Å². The Balaban J connectivity index is 2.30. The molecule has 1 heterocycles. The molecule has 70 valence electrons. The Labute approximate surface area is 74.4 Å². The molecule has 0 aromatic rings. The van der Waals surface area contributed by atoms with Crippen LogP contribution in [0.2, 0.25) is 0 Å². The van der Waals surface area contributed by atoms with Gasteiger partial charge in [-0.1, -0.05) is 13.3 Å². The number of likely N-dealkylation sites (tertiary alicyclic amines) is 1. The summed E-state index contributed by atoms with van der Waals surface area (Å²) in [4.78, 5) is 2.29. The van der Waals surface area contributed by atoms with E-state index in [2.05, 4.69) is 11.8 Å². The van der Waals surface area contributed by atoms with Crippen LogP contribution in [-0.4, -0.2) is 30.4 Å². The predicted molar refractivity (Wildman–Crippen MR) is 51.4 cm³/mol. The van der Waals surface area contributed by atoms with Crippen LogP contribution in [0.5, 0.6) is 0 Å². The third-order valence-corrected chi connectivity index (χ3v) is 2.57. The Morgan fingerprint density at radius 3 is 3.00 bits per heavy atom. The van der Waals surface area contributed by atoms with E-state index < -0.39 is 0 Å². The standard InChI is InChI=1S/C9H19N3/c1-2-8-4-3-5-12(6-8)7-9(10)11/h8H,2-7H2,1H3,(H3,10,11). The molecule has 1 atom stereocenters. The van der Waals surface area contributed by atoms with E-state index in [0.29, 0.717) is 12.4 Å². The zero-order valence-corrected chi connectivity index (χ0v) is 7.84. The normalized spacial score (nSPS) is 25.6. The van der Waals surface area contributed by atoms with E-state index in [1.54, 1.807) is 0 Å². The molecule has 0 bridgehead atoms. The summed E-state index contributed by atoms with van der Waals surface area (Å²) in [6, 6.07) is 0. The monoisotopic (exact) mass is 169 g/mol. The van der Waals surface area contributed by atoms with Gasteiger partial charge in [0.2, 0.25) is 0 Å². The van der Waals surface area contributed by atoms with Crippen LogP contribution in [0.1, 0.15) is 26.2 Å². The van der Waals surface area contributed by atoms with Gasteiger partial charge in [0.25, 0.3) is 0 Å². The second kappa shape index (κ2) is 4.45. The first-order chi connectivity index (χ1) is 5.72. The minimum Gasteiger partial charge on any atom is -0.387 e. The summed E-state index contributed by atoms with van der Waals surface area (Å²) in [5.74, 6) is 1.13. The van der Waals surface area contributed by atoms with Gasteiger partial charge in [-0.2, -0.15) is 0 Å². The molecule has 12 heavy (non-hydrogen) atoms. The van der Waals surface area contributed by atoms with Gasteiger partial charge in [-0.05, 0) is 25.3 Å². The summed E-state index contributed by atoms with van der Waals surface area (Å²) in [6.45, 7) is 5.16. The molecular formula is C9H19N3. The molecule has 0 amide bonds. The molecule has 0 radical (unpaired) electrons. The molecule has 1 fully saturated rings. The summed E-state index contributed by atoms with van der Waals surface area (Å²) >= 11 is 0. The SMILES string of the molecule is CCC1CCCN(CC(=N)N)C1. The molecule has 1 saturated heterocycles. The summed E-state index contributed by atoms with van der Waals surface area (Å²) < 4.78 is 0. The van der Waals surface area contributed by atoms with Crippen LogP contribution in [0.4, 0.5) is 0 Å². The fourth-order valence-corrected chi connectivity index (χ4v) is 1.87. The second-order valence-electron chi connectivity index (χ2n) is 3.68. The van der Waals surface area contributed by atoms with Gasteiger partial charge in [0.15, 0.2) is 0 Å². The molecule has 3 heteroatoms. The average Bonchev–Trinajstić information content (AvgIpc) is 2.03. The molecular weight excluding hydrogens is 150 g/mol. The molecule has 1 aliphatic heterocycles. The number of hydrogen-bond donors (Lipinski definition) is 2. The third kappa shape index (κ3) is 2.81. The fraction of sp³-hybridized carbons (Fsp3) is 0.889. The highest BCUT2D eigenvalue weighted by atomic mass is 15.1. The lowest BCUT2D eigenvalue weighted by Crippen LogP contribution is -2.40. The van der Waals surface area contributed by atoms with Gasteiger partial charge >= 0.3 is 0 Å². The predicted octanol–water partition coefficient (Wildman–Crippen LogP) is 1.04. The molecule has 1 aliphatic rings. The van der Waals surface area contributed by atoms with Crippen molar-refractivity contribution >= 4 is 5.84 Å². The number of amidine groups is 1. The van der Waals surface area contributed by atoms with E-state index in [4.69, 9.17) is 11.1 Å². The summed E-state index contributed by atoms with van der Waals surface area (Å²) in [6.07, 6.45) is 3.88. The molecule has 0 aromatic heterocycles. The fourth-order valence-electron chi connectivity index (χ4n) is 1.87. The van der Waals surface area contributed by atoms with Crippen molar-refractivity contribution < 1.29 is 0 Å². The van der Waals surface area contributed by atoms with Gasteiger partial charge in [0.05, 0.1) is 6.54 Å². The highest BCUT2D eigenvalue weighted by Crippen LogP contribution is 2.18. The van der Waals surface area contributed by atoms with Crippen molar-refractivity contribution in [3.8, 4) is 0 Å². The highest BCUT2D eigenvalue weighted by Gasteiger charge is 2.18. The number of nitrogens with two attached hydrogens (primary N) is 1. The lowest BCUT2D eigenvalue weighted by atomic mass is 9.96. The van der Waals surface area contributed by atoms with Crippen molar-refractivity contribution in [3.63, 3.8) is 0 Å². The molecule has 0 aromatic carbocycles. The number of nitrogens with one attached hydrogen (secondary N) is 1. The Kier molecular flexibility index (Phi) is 3.53. The molecule has 3 nitrogen and oxygen atoms in total. The second-order valence-corrected chi connectivity index (χ2v) is 3.68. The van der Waals surface area contributed by atoms with Gasteiger partial charge in [0, 0.05) is 6.54 Å². The number of nitrogens with zero attached hydrogens (tertiary/aromatic N) is 1. The first-order valence-electron chi connectivity index (χ1n) is 4.77. The van der Waals surface area contributed by atoms with Crippen LogP contribution < -0.4 is 5.73 Å². The molecule has 0 aliphatic carbocycles. The van der Waals surface area contributed by atoms with Gasteiger partial charge in [-0.25, -0.2) is 0 Å². The smallest absolute Gasteiger partial charge is 0.105 e. The van der Waals surface area contributed by atoms with Crippen LogP contribution in [0, 0.1) is 11.3 Å². The third-order valence-electron chi connectivity index (χ3n) is 2.57. The number of rotatable bonds is 3. The Morgan fingerprint density at radius 2 is 2.42 bits per heavy atom. The lowest BCUT2D eigenvalue weighted by Gasteiger charge is -2.31. The van der Waals surface area contributed by atoms with Crippen LogP contribution in [0.15, 0.2) is 0 Å². The lowest BCUT2D eigenvalue weighted by molar-refractivity contribution is 0.192. The van der Waals surface area contributed by atoms with Crippen molar-refractivity contribution in [2.24, 2.45) is 11.7 Å². The molecule has 3 N–H and O–H groups in total. The van der Waals surface area contributed by atoms with Crippen molar-refractivity contribution in [1.29, 1.82) is 5.41 Å². The van der Waals surface area contributed by atoms with E-state index in [9.17, 15) is 0 Å². The van der Waals surface area contributed by atoms with Crippen molar-refractivity contribution in [2.75, 3.05) is 19.6 Å². The molecule has 0 spiro atoms. The van der Waals surface area contributed by atoms with E-state index in [1.165, 1.54) is 19.3 Å². The first kappa shape index (κ1) is 9.52. The van der Waals surface area contributed by atoms with E-state index >= 15 is 0 Å². The van der Waals surface area contributed by atoms with E-state index in [-0.39, 0.29) is 0 Å². The van der Waals surface area contributed by atoms with Crippen molar-refractivity contribution in [1.82, 2.24) is 4.90 Å². The van der Waals surface area contributed by atoms with Crippen LogP contribution in [0.25, 0.3) is 0 Å². The maximum Gasteiger partial charge on any atom is 0.105 e. The Bertz CT molecular complexity index is 156. The van der Waals surface area contributed by atoms with Gasteiger partial charge in [-0.3, -0.25) is 10.3 Å². The van der Waals surface area contributed by atoms with Gasteiger partial charge in [0.1, 0.15) is 5.84 Å². The van der Waals surface area contributed by atoms with Crippen LogP contribution >= 0.6 is 0 Å². The van der Waals surface area contributed by atoms with Crippen molar-refractivity contribution in [2.45, 2.75) is 26.2 Å². The summed E-state index contributed by atoms with van der Waals surface area (Å²) in [5.41, 5.74) is 5.35. The van der Waals surface area contributed by atoms with Crippen molar-refractivity contribution in [3.05, 3.63) is 0 Å². The van der Waals surface area contributed by atoms with Gasteiger partial charge < -0.3 is 5.73 Å². The first-order valence-corrected chi connectivity index (χ1v) is 4.77. The Morgan fingerprint density at radius 1 is 1.67 bits per heavy atom. The molecule has 0 saturated carbocycles. The zero-order valence-electron chi connectivity index (χ0n) is 7.84. The largest absolute Gasteiger partial charge is 0.387 e. The van der Waals surface area contributed by atoms with E-state index in [1.807, 2.05) is 0 Å². The minimum atomic E-state index is 0.298. The highest BCUT2D eigenvalue weighted by molar-refractivity contribution is 5.78. The Hall–Kier alpha value is -0.570. The maximum atomic E-state index is 7.19. The topological polar surface area (TPSA) is 53.1 Å². The maximum absolute atomic E-state index is 7.19. The minimum absolute atomic E-state index is 0.298. The molecule has 1 rings (SSSR count). The molecule has 1 unspecified atom stereocenters. The van der Waals surface area contributed by atoms with Gasteiger partial charge in [-0.15, -0.1) is 0 Å². The summed E-state index contributed by atoms with van der Waals surface area (Å²) in [7, 11) is 0. The van der Waals surface area contributed by atoms with E-state index in [0.717, 1.165) is 19.0 Å². The van der Waals surface area contributed by atoms with Crippen LogP contribution in [0.3, 0.4) is 0 Å². The number of piperidine rings is 1. The quantitative estimate of drug-likeness (QED) is 0.490. The summed E-state index contributed by atoms with van der Waals surface area (Å²) in [5, 5.41) is 7.19. The zero-order chi connectivity index (χ0) is 8.97. The number of hydrogen-bond acceptors (Lipinski definition) is 2. The average molecular weight is 169 g/mol.